The number of furan rings is 1. The summed E-state index contributed by atoms with van der Waals surface area (Å²) in [5, 5.41) is 0. The fourth-order valence-corrected chi connectivity index (χ4v) is 1.96. The van der Waals surface area contributed by atoms with E-state index in [2.05, 4.69) is 0 Å². The van der Waals surface area contributed by atoms with E-state index >= 15 is 0 Å². The van der Waals surface area contributed by atoms with Gasteiger partial charge in [0.15, 0.2) is 0 Å². The molecule has 1 heterocycles. The van der Waals surface area contributed by atoms with Gasteiger partial charge in [-0.1, -0.05) is 13.0 Å². The standard InChI is InChI=1S/C15H16F3NO/c1-3-12(19)14-7-6-13(20-14)11-8-10(15(16,17)18)5-4-9(11)2/h4-8,12H,3,19H2,1-2H3. The van der Waals surface area contributed by atoms with Gasteiger partial charge in [0, 0.05) is 5.56 Å². The number of aryl methyl sites for hydroxylation is 1. The smallest absolute Gasteiger partial charge is 0.416 e. The summed E-state index contributed by atoms with van der Waals surface area (Å²) in [5.41, 5.74) is 6.33. The summed E-state index contributed by atoms with van der Waals surface area (Å²) in [5.74, 6) is 0.992. The summed E-state index contributed by atoms with van der Waals surface area (Å²) >= 11 is 0. The second-order valence-electron chi connectivity index (χ2n) is 4.74. The first kappa shape index (κ1) is 14.7. The van der Waals surface area contributed by atoms with Crippen molar-refractivity contribution in [2.24, 2.45) is 5.73 Å². The van der Waals surface area contributed by atoms with E-state index in [-0.39, 0.29) is 6.04 Å². The highest BCUT2D eigenvalue weighted by Crippen LogP contribution is 2.35. The molecule has 5 heteroatoms. The lowest BCUT2D eigenvalue weighted by atomic mass is 10.0. The van der Waals surface area contributed by atoms with E-state index in [1.165, 1.54) is 6.07 Å². The third-order valence-corrected chi connectivity index (χ3v) is 3.26. The Morgan fingerprint density at radius 1 is 1.20 bits per heavy atom. The van der Waals surface area contributed by atoms with Crippen molar-refractivity contribution < 1.29 is 17.6 Å². The average Bonchev–Trinajstić information content (AvgIpc) is 2.86. The number of hydrogen-bond acceptors (Lipinski definition) is 2. The molecule has 1 unspecified atom stereocenters. The summed E-state index contributed by atoms with van der Waals surface area (Å²) in [6.45, 7) is 3.67. The van der Waals surface area contributed by atoms with Gasteiger partial charge in [-0.05, 0) is 43.2 Å². The highest BCUT2D eigenvalue weighted by atomic mass is 19.4. The van der Waals surface area contributed by atoms with Gasteiger partial charge in [-0.25, -0.2) is 0 Å². The van der Waals surface area contributed by atoms with Crippen LogP contribution < -0.4 is 5.73 Å². The average molecular weight is 283 g/mol. The maximum absolute atomic E-state index is 12.8. The van der Waals surface area contributed by atoms with E-state index in [0.717, 1.165) is 17.7 Å². The van der Waals surface area contributed by atoms with Gasteiger partial charge >= 0.3 is 6.18 Å². The normalized spacial score (nSPS) is 13.5. The molecule has 0 saturated heterocycles. The second kappa shape index (κ2) is 5.32. The van der Waals surface area contributed by atoms with Gasteiger partial charge in [-0.2, -0.15) is 13.2 Å². The molecule has 0 spiro atoms. The molecule has 0 bridgehead atoms. The molecule has 1 aromatic carbocycles. The maximum Gasteiger partial charge on any atom is 0.416 e. The van der Waals surface area contributed by atoms with Crippen molar-refractivity contribution in [1.82, 2.24) is 0 Å². The van der Waals surface area contributed by atoms with Crippen molar-refractivity contribution in [2.45, 2.75) is 32.5 Å². The van der Waals surface area contributed by atoms with Gasteiger partial charge in [-0.15, -0.1) is 0 Å². The van der Waals surface area contributed by atoms with Crippen LogP contribution in [0.1, 0.15) is 36.3 Å². The highest BCUT2D eigenvalue weighted by molar-refractivity contribution is 5.63. The zero-order chi connectivity index (χ0) is 14.9. The van der Waals surface area contributed by atoms with Crippen LogP contribution in [-0.2, 0) is 6.18 Å². The largest absolute Gasteiger partial charge is 0.459 e. The maximum atomic E-state index is 12.8. The van der Waals surface area contributed by atoms with Crippen molar-refractivity contribution in [1.29, 1.82) is 0 Å². The molecule has 1 atom stereocenters. The third kappa shape index (κ3) is 2.88. The number of benzene rings is 1. The highest BCUT2D eigenvalue weighted by Gasteiger charge is 2.31. The van der Waals surface area contributed by atoms with Crippen LogP contribution in [-0.4, -0.2) is 0 Å². The fraction of sp³-hybridized carbons (Fsp3) is 0.333. The summed E-state index contributed by atoms with van der Waals surface area (Å²) in [6, 6.07) is 6.75. The second-order valence-corrected chi connectivity index (χ2v) is 4.74. The summed E-state index contributed by atoms with van der Waals surface area (Å²) < 4.78 is 43.8. The predicted molar refractivity (Wildman–Crippen MR) is 71.1 cm³/mol. The van der Waals surface area contributed by atoms with Gasteiger partial charge in [0.2, 0.25) is 0 Å². The van der Waals surface area contributed by atoms with E-state index in [9.17, 15) is 13.2 Å². The molecule has 0 saturated carbocycles. The van der Waals surface area contributed by atoms with E-state index < -0.39 is 11.7 Å². The summed E-state index contributed by atoms with van der Waals surface area (Å²) in [6.07, 6.45) is -3.66. The Hall–Kier alpha value is -1.75. The molecular formula is C15H16F3NO. The number of halogens is 3. The Bertz CT molecular complexity index is 601. The first-order chi connectivity index (χ1) is 9.32. The Labute approximate surface area is 115 Å². The van der Waals surface area contributed by atoms with E-state index in [4.69, 9.17) is 10.2 Å². The van der Waals surface area contributed by atoms with Gasteiger partial charge in [0.25, 0.3) is 0 Å². The molecule has 0 aliphatic rings. The molecular weight excluding hydrogens is 267 g/mol. The molecule has 0 aliphatic carbocycles. The van der Waals surface area contributed by atoms with Gasteiger partial charge in [0.05, 0.1) is 11.6 Å². The zero-order valence-electron chi connectivity index (χ0n) is 11.3. The Kier molecular flexibility index (Phi) is 3.90. The lowest BCUT2D eigenvalue weighted by Gasteiger charge is -2.10. The molecule has 2 N–H and O–H groups in total. The van der Waals surface area contributed by atoms with Crippen LogP contribution in [0.4, 0.5) is 13.2 Å². The van der Waals surface area contributed by atoms with Crippen LogP contribution in [0.3, 0.4) is 0 Å². The van der Waals surface area contributed by atoms with E-state index in [1.807, 2.05) is 6.92 Å². The van der Waals surface area contributed by atoms with Crippen LogP contribution in [0.25, 0.3) is 11.3 Å². The molecule has 0 amide bonds. The SMILES string of the molecule is CCC(N)c1ccc(-c2cc(C(F)(F)F)ccc2C)o1. The molecule has 1 aromatic heterocycles. The van der Waals surface area contributed by atoms with Crippen LogP contribution in [0.15, 0.2) is 34.7 Å². The molecule has 2 rings (SSSR count). The lowest BCUT2D eigenvalue weighted by Crippen LogP contribution is -2.07. The zero-order valence-corrected chi connectivity index (χ0v) is 11.3. The minimum Gasteiger partial charge on any atom is -0.459 e. The predicted octanol–water partition coefficient (Wildman–Crippen LogP) is 4.68. The summed E-state index contributed by atoms with van der Waals surface area (Å²) in [4.78, 5) is 0. The summed E-state index contributed by atoms with van der Waals surface area (Å²) in [7, 11) is 0. The molecule has 2 nitrogen and oxygen atoms in total. The van der Waals surface area contributed by atoms with E-state index in [1.54, 1.807) is 19.1 Å². The molecule has 108 valence electrons. The molecule has 0 aliphatic heterocycles. The first-order valence-corrected chi connectivity index (χ1v) is 6.36. The van der Waals surface area contributed by atoms with Crippen molar-refractivity contribution in [3.63, 3.8) is 0 Å². The first-order valence-electron chi connectivity index (χ1n) is 6.36. The van der Waals surface area contributed by atoms with Crippen LogP contribution >= 0.6 is 0 Å². The molecule has 0 fully saturated rings. The van der Waals surface area contributed by atoms with Crippen molar-refractivity contribution in [3.05, 3.63) is 47.2 Å². The monoisotopic (exact) mass is 283 g/mol. The Morgan fingerprint density at radius 3 is 2.50 bits per heavy atom. The minimum absolute atomic E-state index is 0.241. The van der Waals surface area contributed by atoms with Gasteiger partial charge < -0.3 is 10.2 Å². The Morgan fingerprint density at radius 2 is 1.90 bits per heavy atom. The quantitative estimate of drug-likeness (QED) is 0.888. The topological polar surface area (TPSA) is 39.2 Å². The van der Waals surface area contributed by atoms with Gasteiger partial charge in [-0.3, -0.25) is 0 Å². The minimum atomic E-state index is -4.36. The van der Waals surface area contributed by atoms with Crippen LogP contribution in [0.2, 0.25) is 0 Å². The van der Waals surface area contributed by atoms with Gasteiger partial charge in [0.1, 0.15) is 11.5 Å². The number of hydrogen-bond donors (Lipinski definition) is 1. The van der Waals surface area contributed by atoms with Crippen LogP contribution in [0, 0.1) is 6.92 Å². The third-order valence-electron chi connectivity index (χ3n) is 3.26. The molecule has 2 aromatic rings. The molecule has 0 radical (unpaired) electrons. The van der Waals surface area contributed by atoms with Crippen molar-refractivity contribution >= 4 is 0 Å². The number of nitrogens with two attached hydrogens (primary N) is 1. The number of alkyl halides is 3. The van der Waals surface area contributed by atoms with E-state index in [0.29, 0.717) is 23.5 Å². The lowest BCUT2D eigenvalue weighted by molar-refractivity contribution is -0.137. The Balaban J connectivity index is 2.44. The van der Waals surface area contributed by atoms with Crippen LogP contribution in [0.5, 0.6) is 0 Å². The van der Waals surface area contributed by atoms with Crippen molar-refractivity contribution in [3.8, 4) is 11.3 Å². The molecule has 20 heavy (non-hydrogen) atoms. The fourth-order valence-electron chi connectivity index (χ4n) is 1.96. The number of rotatable bonds is 3. The van der Waals surface area contributed by atoms with Crippen molar-refractivity contribution in [2.75, 3.05) is 0 Å².